The van der Waals surface area contributed by atoms with Gasteiger partial charge in [0.2, 0.25) is 5.91 Å². The van der Waals surface area contributed by atoms with E-state index in [0.29, 0.717) is 17.5 Å². The molecule has 1 N–H and O–H groups in total. The summed E-state index contributed by atoms with van der Waals surface area (Å²) in [5.41, 5.74) is 3.05. The maximum Gasteiger partial charge on any atom is 0.287 e. The predicted octanol–water partition coefficient (Wildman–Crippen LogP) is 3.86. The Bertz CT molecular complexity index is 1290. The molecule has 9 heteroatoms. The third-order valence-corrected chi connectivity index (χ3v) is 6.52. The van der Waals surface area contributed by atoms with Crippen LogP contribution in [-0.2, 0) is 17.8 Å². The largest absolute Gasteiger partial charge is 0.459 e. The highest BCUT2D eigenvalue weighted by Crippen LogP contribution is 2.28. The maximum atomic E-state index is 13.1. The highest BCUT2D eigenvalue weighted by Gasteiger charge is 2.24. The number of fused-ring (bicyclic) bond motifs is 1. The zero-order valence-electron chi connectivity index (χ0n) is 18.4. The molecule has 0 radical (unpaired) electrons. The van der Waals surface area contributed by atoms with Crippen molar-refractivity contribution in [2.75, 3.05) is 17.2 Å². The number of benzene rings is 2. The van der Waals surface area contributed by atoms with Crippen LogP contribution < -0.4 is 10.2 Å². The molecule has 1 aliphatic heterocycles. The van der Waals surface area contributed by atoms with Gasteiger partial charge in [0, 0.05) is 17.9 Å². The average molecular weight is 474 g/mol. The van der Waals surface area contributed by atoms with E-state index in [2.05, 4.69) is 21.6 Å². The number of furan rings is 1. The Morgan fingerprint density at radius 2 is 1.82 bits per heavy atom. The van der Waals surface area contributed by atoms with Gasteiger partial charge in [-0.25, -0.2) is 0 Å². The smallest absolute Gasteiger partial charge is 0.287 e. The predicted molar refractivity (Wildman–Crippen MR) is 129 cm³/mol. The van der Waals surface area contributed by atoms with Crippen LogP contribution in [0, 0.1) is 0 Å². The topological polar surface area (TPSA) is 93.3 Å². The van der Waals surface area contributed by atoms with Crippen LogP contribution in [0.25, 0.3) is 5.69 Å². The molecule has 0 atom stereocenters. The number of amides is 2. The summed E-state index contributed by atoms with van der Waals surface area (Å²) in [6, 6.07) is 21.0. The quantitative estimate of drug-likeness (QED) is 0.410. The lowest BCUT2D eigenvalue weighted by Gasteiger charge is -2.29. The molecule has 0 fully saturated rings. The molecular weight excluding hydrogens is 450 g/mol. The van der Waals surface area contributed by atoms with E-state index in [9.17, 15) is 9.59 Å². The van der Waals surface area contributed by atoms with Crippen LogP contribution in [0.15, 0.2) is 82.6 Å². The van der Waals surface area contributed by atoms with Crippen molar-refractivity contribution in [1.82, 2.24) is 20.1 Å². The Morgan fingerprint density at radius 1 is 1.00 bits per heavy atom. The normalized spacial score (nSPS) is 12.9. The number of rotatable bonds is 7. The second-order valence-corrected chi connectivity index (χ2v) is 8.74. The fourth-order valence-corrected chi connectivity index (χ4v) is 4.84. The van der Waals surface area contributed by atoms with E-state index < -0.39 is 0 Å². The van der Waals surface area contributed by atoms with E-state index in [1.54, 1.807) is 12.1 Å². The van der Waals surface area contributed by atoms with Crippen LogP contribution in [0.1, 0.15) is 28.4 Å². The summed E-state index contributed by atoms with van der Waals surface area (Å²) in [6.07, 6.45) is 3.39. The molecule has 0 aliphatic carbocycles. The third kappa shape index (κ3) is 4.60. The average Bonchev–Trinajstić information content (AvgIpc) is 3.56. The fourth-order valence-electron chi connectivity index (χ4n) is 4.00. The molecule has 2 aromatic carbocycles. The number of carbonyl (C=O) groups excluding carboxylic acids is 2. The molecule has 4 aromatic rings. The monoisotopic (exact) mass is 473 g/mol. The van der Waals surface area contributed by atoms with Gasteiger partial charge in [0.1, 0.15) is 0 Å². The van der Waals surface area contributed by atoms with Crippen molar-refractivity contribution < 1.29 is 14.0 Å². The van der Waals surface area contributed by atoms with Gasteiger partial charge in [0.05, 0.1) is 18.6 Å². The number of hydrogen-bond acceptors (Lipinski definition) is 6. The second-order valence-electron chi connectivity index (χ2n) is 7.80. The summed E-state index contributed by atoms with van der Waals surface area (Å²) in [5.74, 6) is 0.725. The molecule has 34 heavy (non-hydrogen) atoms. The van der Waals surface area contributed by atoms with Crippen molar-refractivity contribution in [2.24, 2.45) is 0 Å². The van der Waals surface area contributed by atoms with Crippen molar-refractivity contribution in [1.29, 1.82) is 0 Å². The number of thioether (sulfide) groups is 1. The molecule has 0 bridgehead atoms. The van der Waals surface area contributed by atoms with Gasteiger partial charge in [-0.1, -0.05) is 48.2 Å². The van der Waals surface area contributed by atoms with E-state index in [4.69, 9.17) is 4.42 Å². The van der Waals surface area contributed by atoms with Crippen LogP contribution in [-0.4, -0.2) is 38.9 Å². The molecule has 0 unspecified atom stereocenters. The number of para-hydroxylation sites is 2. The summed E-state index contributed by atoms with van der Waals surface area (Å²) >= 11 is 1.34. The first-order valence-corrected chi connectivity index (χ1v) is 12.0. The van der Waals surface area contributed by atoms with E-state index in [1.165, 1.54) is 23.6 Å². The summed E-state index contributed by atoms with van der Waals surface area (Å²) in [7, 11) is 0. The lowest BCUT2D eigenvalue weighted by molar-refractivity contribution is -0.116. The van der Waals surface area contributed by atoms with Gasteiger partial charge in [-0.05, 0) is 48.7 Å². The van der Waals surface area contributed by atoms with Crippen molar-refractivity contribution >= 4 is 29.3 Å². The third-order valence-electron chi connectivity index (χ3n) is 5.60. The Labute approximate surface area is 201 Å². The molecule has 2 aromatic heterocycles. The first kappa shape index (κ1) is 22.0. The molecule has 3 heterocycles. The first-order valence-electron chi connectivity index (χ1n) is 11.0. The molecule has 8 nitrogen and oxygen atoms in total. The highest BCUT2D eigenvalue weighted by molar-refractivity contribution is 7.99. The van der Waals surface area contributed by atoms with Crippen LogP contribution in [0.4, 0.5) is 5.69 Å². The van der Waals surface area contributed by atoms with Crippen molar-refractivity contribution in [3.63, 3.8) is 0 Å². The van der Waals surface area contributed by atoms with E-state index in [-0.39, 0.29) is 29.9 Å². The van der Waals surface area contributed by atoms with Gasteiger partial charge >= 0.3 is 0 Å². The highest BCUT2D eigenvalue weighted by atomic mass is 32.2. The Kier molecular flexibility index (Phi) is 6.44. The Morgan fingerprint density at radius 3 is 2.65 bits per heavy atom. The van der Waals surface area contributed by atoms with E-state index in [0.717, 1.165) is 24.2 Å². The Hall–Kier alpha value is -3.85. The van der Waals surface area contributed by atoms with Gasteiger partial charge in [0.25, 0.3) is 5.91 Å². The second kappa shape index (κ2) is 9.96. The van der Waals surface area contributed by atoms with Gasteiger partial charge in [-0.2, -0.15) is 0 Å². The number of nitrogens with zero attached hydrogens (tertiary/aromatic N) is 4. The summed E-state index contributed by atoms with van der Waals surface area (Å²) in [6.45, 7) is 0.876. The molecular formula is C25H23N5O3S. The number of aryl methyl sites for hydroxylation is 1. The zero-order chi connectivity index (χ0) is 23.3. The van der Waals surface area contributed by atoms with Gasteiger partial charge in [-0.3, -0.25) is 14.2 Å². The first-order chi connectivity index (χ1) is 16.7. The number of carbonyl (C=O) groups is 2. The summed E-state index contributed by atoms with van der Waals surface area (Å²) in [4.78, 5) is 27.3. The minimum atomic E-state index is -0.333. The van der Waals surface area contributed by atoms with Crippen LogP contribution in [0.2, 0.25) is 0 Å². The van der Waals surface area contributed by atoms with Crippen LogP contribution >= 0.6 is 11.8 Å². The minimum absolute atomic E-state index is 0.0347. The standard InChI is InChI=1S/C25H23N5O3S/c31-23(29-14-6-9-18-8-4-5-12-20(18)29)17-34-25-28-27-22(30(25)19-10-2-1-3-11-19)16-26-24(32)21-13-7-15-33-21/h1-5,7-8,10-13,15H,6,9,14,16-17H2,(H,26,32). The molecule has 0 spiro atoms. The summed E-state index contributed by atoms with van der Waals surface area (Å²) in [5, 5.41) is 12.0. The number of anilines is 1. The lowest BCUT2D eigenvalue weighted by Crippen LogP contribution is -2.36. The molecule has 2 amide bonds. The van der Waals surface area contributed by atoms with Crippen LogP contribution in [0.5, 0.6) is 0 Å². The minimum Gasteiger partial charge on any atom is -0.459 e. The van der Waals surface area contributed by atoms with Gasteiger partial charge in [0.15, 0.2) is 16.7 Å². The zero-order valence-corrected chi connectivity index (χ0v) is 19.2. The van der Waals surface area contributed by atoms with E-state index >= 15 is 0 Å². The fraction of sp³-hybridized carbons (Fsp3) is 0.200. The van der Waals surface area contributed by atoms with Gasteiger partial charge < -0.3 is 14.6 Å². The molecule has 0 saturated carbocycles. The number of aromatic nitrogens is 3. The Balaban J connectivity index is 1.33. The molecule has 0 saturated heterocycles. The van der Waals surface area contributed by atoms with Crippen molar-refractivity contribution in [2.45, 2.75) is 24.5 Å². The van der Waals surface area contributed by atoms with Crippen molar-refractivity contribution in [3.8, 4) is 5.69 Å². The summed E-state index contributed by atoms with van der Waals surface area (Å²) < 4.78 is 7.02. The number of nitrogens with one attached hydrogen (secondary N) is 1. The number of hydrogen-bond donors (Lipinski definition) is 1. The van der Waals surface area contributed by atoms with E-state index in [1.807, 2.05) is 58.0 Å². The van der Waals surface area contributed by atoms with Crippen molar-refractivity contribution in [3.05, 3.63) is 90.1 Å². The molecule has 1 aliphatic rings. The SMILES string of the molecule is O=C(NCc1nnc(SCC(=O)N2CCCc3ccccc32)n1-c1ccccc1)c1ccco1. The molecule has 5 rings (SSSR count). The van der Waals surface area contributed by atoms with Crippen LogP contribution in [0.3, 0.4) is 0 Å². The maximum absolute atomic E-state index is 13.1. The lowest BCUT2D eigenvalue weighted by atomic mass is 10.0. The van der Waals surface area contributed by atoms with Gasteiger partial charge in [-0.15, -0.1) is 10.2 Å². The molecule has 172 valence electrons.